The third-order valence-corrected chi connectivity index (χ3v) is 2.67. The van der Waals surface area contributed by atoms with E-state index in [9.17, 15) is 14.7 Å². The Morgan fingerprint density at radius 3 is 2.45 bits per heavy atom. The average Bonchev–Trinajstić information content (AvgIpc) is 2.25. The van der Waals surface area contributed by atoms with Crippen molar-refractivity contribution in [3.8, 4) is 0 Å². The van der Waals surface area contributed by atoms with Crippen molar-refractivity contribution in [2.75, 3.05) is 5.32 Å². The molecule has 1 unspecified atom stereocenters. The maximum atomic E-state index is 11.7. The molecule has 1 aromatic rings. The molecule has 0 aromatic heterocycles. The minimum Gasteiger partial charge on any atom is -0.479 e. The molecule has 0 heterocycles. The van der Waals surface area contributed by atoms with Gasteiger partial charge in [0, 0.05) is 10.0 Å². The number of halogens is 1. The Kier molecular flexibility index (Phi) is 5.13. The lowest BCUT2D eigenvalue weighted by molar-refractivity contribution is -0.146. The van der Waals surface area contributed by atoms with Gasteiger partial charge in [0.25, 0.3) is 0 Å². The molecule has 3 N–H and O–H groups in total. The van der Waals surface area contributed by atoms with Crippen LogP contribution < -0.4 is 5.32 Å². The monoisotopic (exact) mass is 345 g/mol. The van der Waals surface area contributed by atoms with E-state index < -0.39 is 23.8 Å². The lowest BCUT2D eigenvalue weighted by atomic mass is 10.1. The highest BCUT2D eigenvalue weighted by molar-refractivity contribution is 9.10. The van der Waals surface area contributed by atoms with Crippen molar-refractivity contribution >= 4 is 33.7 Å². The van der Waals surface area contributed by atoms with Gasteiger partial charge < -0.3 is 14.9 Å². The predicted octanol–water partition coefficient (Wildman–Crippen LogP) is 2.91. The first-order chi connectivity index (χ1) is 9.10. The number of hydrogen-bond acceptors (Lipinski definition) is 4. The molecular formula is C13H16BrNO5. The summed E-state index contributed by atoms with van der Waals surface area (Å²) < 4.78 is 5.71. The summed E-state index contributed by atoms with van der Waals surface area (Å²) in [6, 6.07) is 4.47. The Bertz CT molecular complexity index is 524. The number of ether oxygens (including phenoxy) is 1. The lowest BCUT2D eigenvalue weighted by Crippen LogP contribution is -2.28. The predicted molar refractivity (Wildman–Crippen MR) is 76.6 cm³/mol. The topological polar surface area (TPSA) is 95.9 Å². The van der Waals surface area contributed by atoms with Gasteiger partial charge in [-0.2, -0.15) is 0 Å². The SMILES string of the molecule is CC(C)(C)OC(=O)Nc1cc(Br)ccc1C(O)C(=O)O. The third kappa shape index (κ3) is 4.82. The fourth-order valence-electron chi connectivity index (χ4n) is 1.42. The summed E-state index contributed by atoms with van der Waals surface area (Å²) in [4.78, 5) is 22.6. The fraction of sp³-hybridized carbons (Fsp3) is 0.385. The molecule has 6 nitrogen and oxygen atoms in total. The number of aliphatic hydroxyl groups is 1. The average molecular weight is 346 g/mol. The molecule has 0 saturated heterocycles. The lowest BCUT2D eigenvalue weighted by Gasteiger charge is -2.21. The highest BCUT2D eigenvalue weighted by atomic mass is 79.9. The van der Waals surface area contributed by atoms with Crippen LogP contribution in [0.15, 0.2) is 22.7 Å². The van der Waals surface area contributed by atoms with E-state index in [1.54, 1.807) is 26.8 Å². The number of carboxylic acids is 1. The second-order valence-corrected chi connectivity index (χ2v) is 6.01. The molecule has 0 spiro atoms. The fourth-order valence-corrected chi connectivity index (χ4v) is 1.78. The van der Waals surface area contributed by atoms with Crippen molar-refractivity contribution in [3.05, 3.63) is 28.2 Å². The van der Waals surface area contributed by atoms with E-state index in [0.29, 0.717) is 4.47 Å². The molecule has 1 atom stereocenters. The molecule has 0 radical (unpaired) electrons. The number of anilines is 1. The highest BCUT2D eigenvalue weighted by Gasteiger charge is 2.22. The number of nitrogens with one attached hydrogen (secondary N) is 1. The molecular weight excluding hydrogens is 330 g/mol. The Balaban J connectivity index is 3.01. The number of hydrogen-bond donors (Lipinski definition) is 3. The molecule has 0 aliphatic rings. The van der Waals surface area contributed by atoms with Gasteiger partial charge in [-0.25, -0.2) is 9.59 Å². The number of benzene rings is 1. The molecule has 0 aliphatic carbocycles. The summed E-state index contributed by atoms with van der Waals surface area (Å²) in [6.07, 6.45) is -2.46. The van der Waals surface area contributed by atoms with Gasteiger partial charge >= 0.3 is 12.1 Å². The molecule has 7 heteroatoms. The van der Waals surface area contributed by atoms with E-state index in [0.717, 1.165) is 0 Å². The van der Waals surface area contributed by atoms with Crippen molar-refractivity contribution < 1.29 is 24.5 Å². The molecule has 20 heavy (non-hydrogen) atoms. The zero-order valence-corrected chi connectivity index (χ0v) is 12.9. The normalized spacial score (nSPS) is 12.7. The highest BCUT2D eigenvalue weighted by Crippen LogP contribution is 2.27. The van der Waals surface area contributed by atoms with Gasteiger partial charge in [-0.1, -0.05) is 22.0 Å². The van der Waals surface area contributed by atoms with Crippen molar-refractivity contribution in [1.82, 2.24) is 0 Å². The van der Waals surface area contributed by atoms with Crippen LogP contribution in [-0.4, -0.2) is 27.9 Å². The third-order valence-electron chi connectivity index (χ3n) is 2.18. The van der Waals surface area contributed by atoms with Crippen molar-refractivity contribution in [2.24, 2.45) is 0 Å². The molecule has 1 rings (SSSR count). The minimum absolute atomic E-state index is 0.0755. The summed E-state index contributed by atoms with van der Waals surface area (Å²) in [5, 5.41) is 20.9. The maximum absolute atomic E-state index is 11.7. The zero-order valence-electron chi connectivity index (χ0n) is 11.3. The van der Waals surface area contributed by atoms with E-state index >= 15 is 0 Å². The van der Waals surface area contributed by atoms with Crippen LogP contribution in [0, 0.1) is 0 Å². The second-order valence-electron chi connectivity index (χ2n) is 5.10. The first-order valence-corrected chi connectivity index (χ1v) is 6.60. The van der Waals surface area contributed by atoms with E-state index in [4.69, 9.17) is 9.84 Å². The van der Waals surface area contributed by atoms with Gasteiger partial charge in [0.05, 0.1) is 5.69 Å². The van der Waals surface area contributed by atoms with Gasteiger partial charge in [0.15, 0.2) is 6.10 Å². The molecule has 1 aromatic carbocycles. The summed E-state index contributed by atoms with van der Waals surface area (Å²) in [5.41, 5.74) is -0.433. The van der Waals surface area contributed by atoms with Crippen LogP contribution in [0.25, 0.3) is 0 Å². The second kappa shape index (κ2) is 6.23. The van der Waals surface area contributed by atoms with Crippen LogP contribution in [0.3, 0.4) is 0 Å². The summed E-state index contributed by atoms with van der Waals surface area (Å²) in [6.45, 7) is 5.13. The minimum atomic E-state index is -1.73. The van der Waals surface area contributed by atoms with Gasteiger partial charge in [-0.05, 0) is 32.9 Å². The number of carboxylic acid groups (broad SMARTS) is 1. The van der Waals surface area contributed by atoms with Crippen LogP contribution in [-0.2, 0) is 9.53 Å². The summed E-state index contributed by atoms with van der Waals surface area (Å²) in [7, 11) is 0. The summed E-state index contributed by atoms with van der Waals surface area (Å²) in [5.74, 6) is -1.40. The first-order valence-electron chi connectivity index (χ1n) is 5.80. The maximum Gasteiger partial charge on any atom is 0.412 e. The van der Waals surface area contributed by atoms with Crippen molar-refractivity contribution in [2.45, 2.75) is 32.5 Å². The van der Waals surface area contributed by atoms with Gasteiger partial charge in [0.2, 0.25) is 0 Å². The van der Waals surface area contributed by atoms with Crippen LogP contribution in [0.4, 0.5) is 10.5 Å². The van der Waals surface area contributed by atoms with Crippen molar-refractivity contribution in [3.63, 3.8) is 0 Å². The number of aliphatic hydroxyl groups excluding tert-OH is 1. The summed E-state index contributed by atoms with van der Waals surface area (Å²) >= 11 is 3.21. The standard InChI is InChI=1S/C13H16BrNO5/c1-13(2,3)20-12(19)15-9-6-7(14)4-5-8(9)10(16)11(17)18/h4-6,10,16H,1-3H3,(H,15,19)(H,17,18). The largest absolute Gasteiger partial charge is 0.479 e. The van der Waals surface area contributed by atoms with E-state index in [1.165, 1.54) is 12.1 Å². The number of carbonyl (C=O) groups excluding carboxylic acids is 1. The molecule has 0 aliphatic heterocycles. The van der Waals surface area contributed by atoms with E-state index in [1.807, 2.05) is 0 Å². The van der Waals surface area contributed by atoms with Crippen LogP contribution in [0.2, 0.25) is 0 Å². The molecule has 0 fully saturated rings. The van der Waals surface area contributed by atoms with E-state index in [-0.39, 0.29) is 11.3 Å². The first kappa shape index (κ1) is 16.5. The van der Waals surface area contributed by atoms with Gasteiger partial charge in [0.1, 0.15) is 5.60 Å². The number of carbonyl (C=O) groups is 2. The molecule has 1 amide bonds. The molecule has 0 bridgehead atoms. The smallest absolute Gasteiger partial charge is 0.412 e. The number of aliphatic carboxylic acids is 1. The van der Waals surface area contributed by atoms with Crippen molar-refractivity contribution in [1.29, 1.82) is 0 Å². The number of rotatable bonds is 3. The van der Waals surface area contributed by atoms with Crippen LogP contribution >= 0.6 is 15.9 Å². The van der Waals surface area contributed by atoms with Gasteiger partial charge in [-0.3, -0.25) is 5.32 Å². The molecule has 110 valence electrons. The Morgan fingerprint density at radius 2 is 1.95 bits per heavy atom. The van der Waals surface area contributed by atoms with Crippen LogP contribution in [0.1, 0.15) is 32.4 Å². The quantitative estimate of drug-likeness (QED) is 0.782. The van der Waals surface area contributed by atoms with E-state index in [2.05, 4.69) is 21.2 Å². The Morgan fingerprint density at radius 1 is 1.35 bits per heavy atom. The van der Waals surface area contributed by atoms with Crippen LogP contribution in [0.5, 0.6) is 0 Å². The number of amides is 1. The zero-order chi connectivity index (χ0) is 15.5. The Labute approximate surface area is 124 Å². The van der Waals surface area contributed by atoms with Gasteiger partial charge in [-0.15, -0.1) is 0 Å². The molecule has 0 saturated carbocycles. The Hall–Kier alpha value is -1.60.